The van der Waals surface area contributed by atoms with Crippen LogP contribution in [-0.2, 0) is 0 Å². The molecular formula is C18H28N2. The lowest BCUT2D eigenvalue weighted by atomic mass is 9.76. The van der Waals surface area contributed by atoms with Crippen molar-refractivity contribution in [2.45, 2.75) is 33.1 Å². The molecule has 0 amide bonds. The summed E-state index contributed by atoms with van der Waals surface area (Å²) in [4.78, 5) is 2.42. The van der Waals surface area contributed by atoms with E-state index in [2.05, 4.69) is 49.4 Å². The molecule has 0 aromatic heterocycles. The average Bonchev–Trinajstić information content (AvgIpc) is 2.44. The molecule has 1 heterocycles. The summed E-state index contributed by atoms with van der Waals surface area (Å²) in [5.41, 5.74) is 5.27. The molecule has 0 unspecified atom stereocenters. The minimum Gasteiger partial charge on any atom is -0.369 e. The van der Waals surface area contributed by atoms with Gasteiger partial charge in [0.25, 0.3) is 0 Å². The van der Waals surface area contributed by atoms with Gasteiger partial charge in [0.05, 0.1) is 0 Å². The standard InChI is InChI=1S/C18H28N2/c1-5-14(3)18(17(6-2)16-8-7-9-16)15(4)20-12-10-19-11-13-20/h5-6,16,19H,2,4,7-13H2,1,3H3. The Morgan fingerprint density at radius 3 is 2.35 bits per heavy atom. The van der Waals surface area contributed by atoms with Crippen molar-refractivity contribution in [1.29, 1.82) is 0 Å². The third-order valence-electron chi connectivity index (χ3n) is 4.67. The van der Waals surface area contributed by atoms with E-state index < -0.39 is 0 Å². The third kappa shape index (κ3) is 3.06. The maximum atomic E-state index is 4.41. The van der Waals surface area contributed by atoms with E-state index in [1.807, 2.05) is 0 Å². The monoisotopic (exact) mass is 272 g/mol. The van der Waals surface area contributed by atoms with Gasteiger partial charge in [-0.05, 0) is 43.8 Å². The Morgan fingerprint density at radius 2 is 1.90 bits per heavy atom. The molecule has 20 heavy (non-hydrogen) atoms. The van der Waals surface area contributed by atoms with Crippen LogP contribution in [0.4, 0.5) is 0 Å². The molecule has 0 aromatic rings. The zero-order chi connectivity index (χ0) is 14.5. The molecule has 0 bridgehead atoms. The van der Waals surface area contributed by atoms with Crippen molar-refractivity contribution >= 4 is 0 Å². The maximum Gasteiger partial charge on any atom is 0.0373 e. The van der Waals surface area contributed by atoms with Gasteiger partial charge in [0, 0.05) is 37.4 Å². The first-order valence-corrected chi connectivity index (χ1v) is 7.83. The smallest absolute Gasteiger partial charge is 0.0373 e. The number of hydrogen-bond donors (Lipinski definition) is 1. The van der Waals surface area contributed by atoms with E-state index in [0.29, 0.717) is 5.92 Å². The van der Waals surface area contributed by atoms with E-state index in [9.17, 15) is 0 Å². The molecule has 0 aromatic carbocycles. The average molecular weight is 272 g/mol. The lowest BCUT2D eigenvalue weighted by Crippen LogP contribution is -2.43. The highest BCUT2D eigenvalue weighted by molar-refractivity contribution is 5.51. The van der Waals surface area contributed by atoms with Gasteiger partial charge in [-0.25, -0.2) is 0 Å². The number of hydrogen-bond acceptors (Lipinski definition) is 2. The van der Waals surface area contributed by atoms with E-state index in [4.69, 9.17) is 0 Å². The van der Waals surface area contributed by atoms with Gasteiger partial charge in [-0.2, -0.15) is 0 Å². The maximum absolute atomic E-state index is 4.41. The fourth-order valence-electron chi connectivity index (χ4n) is 3.05. The van der Waals surface area contributed by atoms with Gasteiger partial charge in [0.15, 0.2) is 0 Å². The van der Waals surface area contributed by atoms with E-state index >= 15 is 0 Å². The molecule has 1 aliphatic carbocycles. The fourth-order valence-corrected chi connectivity index (χ4v) is 3.05. The molecule has 110 valence electrons. The molecule has 2 heteroatoms. The van der Waals surface area contributed by atoms with Gasteiger partial charge >= 0.3 is 0 Å². The van der Waals surface area contributed by atoms with Crippen molar-refractivity contribution in [1.82, 2.24) is 10.2 Å². The van der Waals surface area contributed by atoms with Crippen molar-refractivity contribution in [3.8, 4) is 0 Å². The Balaban J connectivity index is 2.32. The summed E-state index contributed by atoms with van der Waals surface area (Å²) in [5, 5.41) is 3.41. The van der Waals surface area contributed by atoms with Crippen LogP contribution in [0.2, 0.25) is 0 Å². The van der Waals surface area contributed by atoms with Crippen LogP contribution in [0, 0.1) is 5.92 Å². The fraction of sp³-hybridized carbons (Fsp3) is 0.556. The van der Waals surface area contributed by atoms with Gasteiger partial charge in [-0.15, -0.1) is 0 Å². The first-order chi connectivity index (χ1) is 9.69. The second-order valence-electron chi connectivity index (χ2n) is 5.82. The van der Waals surface area contributed by atoms with Gasteiger partial charge in [0.2, 0.25) is 0 Å². The predicted molar refractivity (Wildman–Crippen MR) is 87.6 cm³/mol. The molecule has 2 fully saturated rings. The SMILES string of the molecule is C=CC(=C(C(=C)N1CCNCC1)C(C)=CC)C1CCC1. The quantitative estimate of drug-likeness (QED) is 0.768. The molecule has 2 nitrogen and oxygen atoms in total. The van der Waals surface area contributed by atoms with Crippen LogP contribution in [0.5, 0.6) is 0 Å². The summed E-state index contributed by atoms with van der Waals surface area (Å²) in [5.74, 6) is 0.692. The molecule has 1 N–H and O–H groups in total. The van der Waals surface area contributed by atoms with Crippen molar-refractivity contribution in [2.75, 3.05) is 26.2 Å². The summed E-state index contributed by atoms with van der Waals surface area (Å²) in [7, 11) is 0. The minimum atomic E-state index is 0.692. The van der Waals surface area contributed by atoms with Crippen LogP contribution in [-0.4, -0.2) is 31.1 Å². The third-order valence-corrected chi connectivity index (χ3v) is 4.67. The molecule has 1 saturated heterocycles. The summed E-state index contributed by atoms with van der Waals surface area (Å²) < 4.78 is 0. The van der Waals surface area contributed by atoms with Gasteiger partial charge in [0.1, 0.15) is 0 Å². The van der Waals surface area contributed by atoms with Gasteiger partial charge in [-0.3, -0.25) is 0 Å². The van der Waals surface area contributed by atoms with Gasteiger partial charge < -0.3 is 10.2 Å². The number of nitrogens with one attached hydrogen (secondary N) is 1. The molecule has 0 spiro atoms. The predicted octanol–water partition coefficient (Wildman–Crippen LogP) is 3.65. The van der Waals surface area contributed by atoms with Crippen molar-refractivity contribution in [3.05, 3.63) is 47.7 Å². The molecule has 2 rings (SSSR count). The highest BCUT2D eigenvalue weighted by Crippen LogP contribution is 2.39. The molecule has 2 aliphatic rings. The van der Waals surface area contributed by atoms with Crippen molar-refractivity contribution < 1.29 is 0 Å². The van der Waals surface area contributed by atoms with Crippen LogP contribution in [0.15, 0.2) is 47.7 Å². The molecular weight excluding hydrogens is 244 g/mol. The van der Waals surface area contributed by atoms with Crippen LogP contribution < -0.4 is 5.32 Å². The lowest BCUT2D eigenvalue weighted by Gasteiger charge is -2.36. The van der Waals surface area contributed by atoms with Crippen molar-refractivity contribution in [3.63, 3.8) is 0 Å². The number of nitrogens with zero attached hydrogens (tertiary/aromatic N) is 1. The van der Waals surface area contributed by atoms with Crippen LogP contribution in [0.25, 0.3) is 0 Å². The Hall–Kier alpha value is -1.28. The highest BCUT2D eigenvalue weighted by atomic mass is 15.2. The summed E-state index contributed by atoms with van der Waals surface area (Å²) in [6.07, 6.45) is 8.22. The van der Waals surface area contributed by atoms with E-state index in [0.717, 1.165) is 26.2 Å². The first kappa shape index (κ1) is 15.1. The van der Waals surface area contributed by atoms with E-state index in [-0.39, 0.29) is 0 Å². The normalized spacial score (nSPS) is 22.1. The second-order valence-corrected chi connectivity index (χ2v) is 5.82. The van der Waals surface area contributed by atoms with E-state index in [1.54, 1.807) is 0 Å². The van der Waals surface area contributed by atoms with Crippen LogP contribution in [0.1, 0.15) is 33.1 Å². The van der Waals surface area contributed by atoms with Crippen LogP contribution in [0.3, 0.4) is 0 Å². The second kappa shape index (κ2) is 6.94. The van der Waals surface area contributed by atoms with E-state index in [1.165, 1.54) is 41.7 Å². The van der Waals surface area contributed by atoms with Crippen molar-refractivity contribution in [2.24, 2.45) is 5.92 Å². The lowest BCUT2D eigenvalue weighted by molar-refractivity contribution is 0.303. The molecule has 0 radical (unpaired) electrons. The Bertz CT molecular complexity index is 432. The minimum absolute atomic E-state index is 0.692. The number of piperazine rings is 1. The van der Waals surface area contributed by atoms with Gasteiger partial charge in [-0.1, -0.05) is 31.7 Å². The molecule has 1 saturated carbocycles. The summed E-state index contributed by atoms with van der Waals surface area (Å²) in [6.45, 7) is 17.0. The molecule has 0 atom stereocenters. The van der Waals surface area contributed by atoms with Crippen LogP contribution >= 0.6 is 0 Å². The summed E-state index contributed by atoms with van der Waals surface area (Å²) >= 11 is 0. The highest BCUT2D eigenvalue weighted by Gasteiger charge is 2.26. The Labute approximate surface area is 123 Å². The summed E-state index contributed by atoms with van der Waals surface area (Å²) in [6, 6.07) is 0. The molecule has 1 aliphatic heterocycles. The number of rotatable bonds is 5. The largest absolute Gasteiger partial charge is 0.369 e. The first-order valence-electron chi connectivity index (χ1n) is 7.83. The Kier molecular flexibility index (Phi) is 5.24. The topological polar surface area (TPSA) is 15.3 Å². The zero-order valence-corrected chi connectivity index (χ0v) is 13.0. The zero-order valence-electron chi connectivity index (χ0n) is 13.0. The number of allylic oxidation sites excluding steroid dienone is 4. The Morgan fingerprint density at radius 1 is 1.25 bits per heavy atom.